The van der Waals surface area contributed by atoms with Gasteiger partial charge in [-0.05, 0) is 49.9 Å². The van der Waals surface area contributed by atoms with Gasteiger partial charge in [0.15, 0.2) is 5.96 Å². The van der Waals surface area contributed by atoms with Gasteiger partial charge in [-0.1, -0.05) is 13.0 Å². The van der Waals surface area contributed by atoms with Gasteiger partial charge < -0.3 is 19.9 Å². The summed E-state index contributed by atoms with van der Waals surface area (Å²) in [5.41, 5.74) is 3.72. The zero-order valence-corrected chi connectivity index (χ0v) is 19.9. The molecule has 2 N–H and O–H groups in total. The van der Waals surface area contributed by atoms with E-state index in [1.807, 2.05) is 0 Å². The minimum absolute atomic E-state index is 0. The maximum Gasteiger partial charge on any atom is 0.191 e. The van der Waals surface area contributed by atoms with Crippen LogP contribution in [0.5, 0.6) is 5.75 Å². The summed E-state index contributed by atoms with van der Waals surface area (Å²) in [6, 6.07) is 4.29. The summed E-state index contributed by atoms with van der Waals surface area (Å²) in [7, 11) is 1.78. The van der Waals surface area contributed by atoms with Crippen molar-refractivity contribution in [1.29, 1.82) is 0 Å². The standard InChI is InChI=1S/C20H32N6O.HI/c1-6-19-25-24-14-26(19)10-9-23-20(21-5)22-8-7-11-27-18-13-15(2)12-16(3)17(18)4;/h12-14H,6-11H2,1-5H3,(H2,21,22,23);1H. The van der Waals surface area contributed by atoms with E-state index in [1.54, 1.807) is 13.4 Å². The second kappa shape index (κ2) is 12.6. The molecule has 0 amide bonds. The number of aryl methyl sites for hydroxylation is 3. The maximum atomic E-state index is 5.95. The highest BCUT2D eigenvalue weighted by Crippen LogP contribution is 2.23. The van der Waals surface area contributed by atoms with Gasteiger partial charge in [0.05, 0.1) is 6.61 Å². The number of rotatable bonds is 9. The molecule has 0 spiro atoms. The zero-order chi connectivity index (χ0) is 19.6. The topological polar surface area (TPSA) is 76.4 Å². The third kappa shape index (κ3) is 7.29. The molecule has 0 saturated heterocycles. The molecule has 0 radical (unpaired) electrons. The van der Waals surface area contributed by atoms with Crippen molar-refractivity contribution in [3.8, 4) is 5.75 Å². The van der Waals surface area contributed by atoms with Crippen molar-refractivity contribution >= 4 is 29.9 Å². The van der Waals surface area contributed by atoms with E-state index in [2.05, 4.69) is 70.2 Å². The summed E-state index contributed by atoms with van der Waals surface area (Å²) in [6.45, 7) is 11.5. The molecule has 2 aromatic rings. The normalized spacial score (nSPS) is 11.1. The lowest BCUT2D eigenvalue weighted by Gasteiger charge is -2.14. The van der Waals surface area contributed by atoms with Crippen molar-refractivity contribution in [2.24, 2.45) is 4.99 Å². The molecule has 1 aromatic carbocycles. The van der Waals surface area contributed by atoms with Crippen LogP contribution < -0.4 is 15.4 Å². The lowest BCUT2D eigenvalue weighted by atomic mass is 10.1. The van der Waals surface area contributed by atoms with Crippen molar-refractivity contribution in [2.75, 3.05) is 26.7 Å². The SMILES string of the molecule is CCc1nncn1CCNC(=NC)NCCCOc1cc(C)cc(C)c1C.I. The van der Waals surface area contributed by atoms with E-state index >= 15 is 0 Å². The number of nitrogens with one attached hydrogen (secondary N) is 2. The molecule has 0 saturated carbocycles. The van der Waals surface area contributed by atoms with Crippen molar-refractivity contribution < 1.29 is 4.74 Å². The van der Waals surface area contributed by atoms with Crippen molar-refractivity contribution in [3.05, 3.63) is 41.0 Å². The fourth-order valence-electron chi connectivity index (χ4n) is 2.87. The Morgan fingerprint density at radius 2 is 1.93 bits per heavy atom. The summed E-state index contributed by atoms with van der Waals surface area (Å²) in [5.74, 6) is 2.78. The Kier molecular flexibility index (Phi) is 10.9. The third-order valence-corrected chi connectivity index (χ3v) is 4.52. The first kappa shape index (κ1) is 24.2. The molecule has 1 aromatic heterocycles. The molecule has 7 nitrogen and oxygen atoms in total. The van der Waals surface area contributed by atoms with Crippen LogP contribution in [0.3, 0.4) is 0 Å². The molecule has 8 heteroatoms. The number of nitrogens with zero attached hydrogens (tertiary/aromatic N) is 4. The fourth-order valence-corrected chi connectivity index (χ4v) is 2.87. The number of halogens is 1. The van der Waals surface area contributed by atoms with Gasteiger partial charge in [-0.25, -0.2) is 0 Å². The molecule has 0 unspecified atom stereocenters. The molecule has 28 heavy (non-hydrogen) atoms. The highest BCUT2D eigenvalue weighted by atomic mass is 127. The number of aromatic nitrogens is 3. The Hall–Kier alpha value is -1.84. The Balaban J connectivity index is 0.00000392. The number of hydrogen-bond acceptors (Lipinski definition) is 4. The quantitative estimate of drug-likeness (QED) is 0.240. The molecule has 2 rings (SSSR count). The number of aliphatic imine (C=N–C) groups is 1. The van der Waals surface area contributed by atoms with Gasteiger partial charge in [0.2, 0.25) is 0 Å². The summed E-state index contributed by atoms with van der Waals surface area (Å²) >= 11 is 0. The van der Waals surface area contributed by atoms with Gasteiger partial charge in [-0.2, -0.15) is 0 Å². The van der Waals surface area contributed by atoms with Gasteiger partial charge in [0.25, 0.3) is 0 Å². The van der Waals surface area contributed by atoms with E-state index in [0.717, 1.165) is 50.0 Å². The predicted octanol–water partition coefficient (Wildman–Crippen LogP) is 3.02. The minimum Gasteiger partial charge on any atom is -0.493 e. The Labute approximate surface area is 185 Å². The van der Waals surface area contributed by atoms with Gasteiger partial charge in [-0.3, -0.25) is 4.99 Å². The summed E-state index contributed by atoms with van der Waals surface area (Å²) < 4.78 is 8.01. The maximum absolute atomic E-state index is 5.95. The van der Waals surface area contributed by atoms with Crippen LogP contribution in [0.2, 0.25) is 0 Å². The average Bonchev–Trinajstić information content (AvgIpc) is 3.11. The molecule has 0 fully saturated rings. The number of guanidine groups is 1. The van der Waals surface area contributed by atoms with E-state index in [9.17, 15) is 0 Å². The Morgan fingerprint density at radius 3 is 2.64 bits per heavy atom. The number of ether oxygens (including phenoxy) is 1. The van der Waals surface area contributed by atoms with Gasteiger partial charge in [-0.15, -0.1) is 34.2 Å². The fraction of sp³-hybridized carbons (Fsp3) is 0.550. The molecule has 156 valence electrons. The van der Waals surface area contributed by atoms with Crippen molar-refractivity contribution in [1.82, 2.24) is 25.4 Å². The highest BCUT2D eigenvalue weighted by Gasteiger charge is 2.05. The van der Waals surface area contributed by atoms with Gasteiger partial charge >= 0.3 is 0 Å². The van der Waals surface area contributed by atoms with Crippen LogP contribution in [0.25, 0.3) is 0 Å². The summed E-state index contributed by atoms with van der Waals surface area (Å²) in [4.78, 5) is 4.26. The zero-order valence-electron chi connectivity index (χ0n) is 17.6. The molecule has 0 atom stereocenters. The summed E-state index contributed by atoms with van der Waals surface area (Å²) in [6.07, 6.45) is 3.55. The second-order valence-electron chi connectivity index (χ2n) is 6.63. The third-order valence-electron chi connectivity index (χ3n) is 4.52. The Morgan fingerprint density at radius 1 is 1.18 bits per heavy atom. The molecule has 0 aliphatic heterocycles. The highest BCUT2D eigenvalue weighted by molar-refractivity contribution is 14.0. The van der Waals surface area contributed by atoms with Crippen LogP contribution in [0, 0.1) is 20.8 Å². The molecular formula is C20H33IN6O. The van der Waals surface area contributed by atoms with Crippen molar-refractivity contribution in [2.45, 2.75) is 47.1 Å². The molecule has 0 aliphatic rings. The summed E-state index contributed by atoms with van der Waals surface area (Å²) in [5, 5.41) is 14.7. The molecule has 1 heterocycles. The van der Waals surface area contributed by atoms with Crippen molar-refractivity contribution in [3.63, 3.8) is 0 Å². The predicted molar refractivity (Wildman–Crippen MR) is 125 cm³/mol. The lowest BCUT2D eigenvalue weighted by Crippen LogP contribution is -2.39. The monoisotopic (exact) mass is 500 g/mol. The smallest absolute Gasteiger partial charge is 0.191 e. The van der Waals surface area contributed by atoms with Crippen LogP contribution in [0.1, 0.15) is 35.9 Å². The van der Waals surface area contributed by atoms with Crippen LogP contribution in [0.15, 0.2) is 23.5 Å². The first-order chi connectivity index (χ1) is 13.0. The van der Waals surface area contributed by atoms with Crippen LogP contribution in [0.4, 0.5) is 0 Å². The molecule has 0 aliphatic carbocycles. The molecular weight excluding hydrogens is 467 g/mol. The average molecular weight is 500 g/mol. The second-order valence-corrected chi connectivity index (χ2v) is 6.63. The van der Waals surface area contributed by atoms with Gasteiger partial charge in [0, 0.05) is 33.1 Å². The Bertz CT molecular complexity index is 759. The minimum atomic E-state index is 0. The number of benzene rings is 1. The largest absolute Gasteiger partial charge is 0.493 e. The van der Waals surface area contributed by atoms with E-state index in [0.29, 0.717) is 6.61 Å². The van der Waals surface area contributed by atoms with Crippen LogP contribution in [-0.2, 0) is 13.0 Å². The lowest BCUT2D eigenvalue weighted by molar-refractivity contribution is 0.308. The van der Waals surface area contributed by atoms with Gasteiger partial charge in [0.1, 0.15) is 17.9 Å². The van der Waals surface area contributed by atoms with E-state index < -0.39 is 0 Å². The van der Waals surface area contributed by atoms with E-state index in [4.69, 9.17) is 4.74 Å². The van der Waals surface area contributed by atoms with Crippen LogP contribution >= 0.6 is 24.0 Å². The van der Waals surface area contributed by atoms with E-state index in [-0.39, 0.29) is 24.0 Å². The van der Waals surface area contributed by atoms with Crippen LogP contribution in [-0.4, -0.2) is 47.5 Å². The first-order valence-corrected chi connectivity index (χ1v) is 9.57. The number of hydrogen-bond donors (Lipinski definition) is 2. The molecule has 0 bridgehead atoms. The van der Waals surface area contributed by atoms with E-state index in [1.165, 1.54) is 16.7 Å². The first-order valence-electron chi connectivity index (χ1n) is 9.57.